The molecule has 0 saturated carbocycles. The van der Waals surface area contributed by atoms with Crippen LogP contribution in [-0.4, -0.2) is 17.8 Å². The molecule has 1 atom stereocenters. The van der Waals surface area contributed by atoms with Gasteiger partial charge in [0.2, 0.25) is 0 Å². The summed E-state index contributed by atoms with van der Waals surface area (Å²) in [4.78, 5) is 0. The van der Waals surface area contributed by atoms with E-state index in [2.05, 4.69) is 15.9 Å². The summed E-state index contributed by atoms with van der Waals surface area (Å²) in [5.41, 5.74) is 1.07. The molecule has 1 heterocycles. The molecule has 2 rings (SSSR count). The Bertz CT molecular complexity index is 299. The first-order valence-corrected chi connectivity index (χ1v) is 4.65. The third kappa shape index (κ3) is 1.34. The molecule has 3 heteroatoms. The van der Waals surface area contributed by atoms with Gasteiger partial charge in [-0.1, -0.05) is 12.1 Å². The zero-order valence-corrected chi connectivity index (χ0v) is 8.04. The molecule has 1 aliphatic heterocycles. The fourth-order valence-electron chi connectivity index (χ4n) is 1.37. The molecular weight excluding hydrogens is 220 g/mol. The number of aliphatic hydroxyl groups is 1. The van der Waals surface area contributed by atoms with Crippen LogP contribution in [0, 0.1) is 0 Å². The lowest BCUT2D eigenvalue weighted by Gasteiger charge is -2.22. The van der Waals surface area contributed by atoms with Crippen LogP contribution in [-0.2, 0) is 6.42 Å². The highest BCUT2D eigenvalue weighted by Gasteiger charge is 2.18. The van der Waals surface area contributed by atoms with Crippen molar-refractivity contribution in [3.05, 3.63) is 28.2 Å². The van der Waals surface area contributed by atoms with Gasteiger partial charge in [0, 0.05) is 6.42 Å². The minimum Gasteiger partial charge on any atom is -0.489 e. The molecule has 1 aromatic rings. The van der Waals surface area contributed by atoms with E-state index in [9.17, 15) is 5.11 Å². The minimum absolute atomic E-state index is 0.355. The zero-order valence-electron chi connectivity index (χ0n) is 6.46. The topological polar surface area (TPSA) is 29.5 Å². The van der Waals surface area contributed by atoms with Gasteiger partial charge in [-0.15, -0.1) is 0 Å². The molecule has 12 heavy (non-hydrogen) atoms. The van der Waals surface area contributed by atoms with Crippen LogP contribution >= 0.6 is 15.9 Å². The Morgan fingerprint density at radius 3 is 3.17 bits per heavy atom. The van der Waals surface area contributed by atoms with Crippen molar-refractivity contribution in [2.75, 3.05) is 6.61 Å². The Morgan fingerprint density at radius 2 is 2.33 bits per heavy atom. The Labute approximate surface area is 79.3 Å². The molecule has 2 nitrogen and oxygen atoms in total. The number of fused-ring (bicyclic) bond motifs is 1. The average Bonchev–Trinajstić information content (AvgIpc) is 2.04. The fourth-order valence-corrected chi connectivity index (χ4v) is 1.89. The number of para-hydroxylation sites is 1. The van der Waals surface area contributed by atoms with Crippen LogP contribution < -0.4 is 4.74 Å². The fraction of sp³-hybridized carbons (Fsp3) is 0.333. The van der Waals surface area contributed by atoms with Crippen LogP contribution in [0.1, 0.15) is 5.56 Å². The second kappa shape index (κ2) is 3.07. The molecule has 0 radical (unpaired) electrons. The summed E-state index contributed by atoms with van der Waals surface area (Å²) in [6.07, 6.45) is 0.334. The van der Waals surface area contributed by atoms with E-state index in [4.69, 9.17) is 4.74 Å². The first-order valence-electron chi connectivity index (χ1n) is 3.85. The van der Waals surface area contributed by atoms with Crippen molar-refractivity contribution >= 4 is 15.9 Å². The highest BCUT2D eigenvalue weighted by molar-refractivity contribution is 9.10. The lowest BCUT2D eigenvalue weighted by atomic mass is 10.1. The summed E-state index contributed by atoms with van der Waals surface area (Å²) < 4.78 is 6.33. The predicted octanol–water partition coefficient (Wildman–Crippen LogP) is 1.74. The molecule has 1 aliphatic rings. The molecule has 1 aromatic carbocycles. The summed E-state index contributed by atoms with van der Waals surface area (Å²) in [5.74, 6) is 0.878. The van der Waals surface area contributed by atoms with Crippen molar-refractivity contribution in [2.24, 2.45) is 0 Å². The Hall–Kier alpha value is -0.540. The molecule has 0 fully saturated rings. The van der Waals surface area contributed by atoms with Gasteiger partial charge in [0.15, 0.2) is 0 Å². The second-order valence-corrected chi connectivity index (χ2v) is 3.75. The third-order valence-corrected chi connectivity index (χ3v) is 2.55. The largest absolute Gasteiger partial charge is 0.489 e. The summed E-state index contributed by atoms with van der Waals surface area (Å²) in [5, 5.41) is 9.31. The summed E-state index contributed by atoms with van der Waals surface area (Å²) in [7, 11) is 0. The first-order chi connectivity index (χ1) is 5.77. The Kier molecular flexibility index (Phi) is 2.07. The zero-order chi connectivity index (χ0) is 8.55. The number of aliphatic hydroxyl groups excluding tert-OH is 1. The van der Waals surface area contributed by atoms with E-state index in [0.717, 1.165) is 15.8 Å². The first kappa shape index (κ1) is 8.08. The van der Waals surface area contributed by atoms with Crippen LogP contribution in [0.25, 0.3) is 0 Å². The van der Waals surface area contributed by atoms with E-state index in [0.29, 0.717) is 13.0 Å². The van der Waals surface area contributed by atoms with Gasteiger partial charge in [-0.2, -0.15) is 0 Å². The highest BCUT2D eigenvalue weighted by Crippen LogP contribution is 2.32. The van der Waals surface area contributed by atoms with Crippen LogP contribution in [0.4, 0.5) is 0 Å². The number of hydrogen-bond donors (Lipinski definition) is 1. The molecule has 64 valence electrons. The summed E-state index contributed by atoms with van der Waals surface area (Å²) in [6, 6.07) is 5.86. The van der Waals surface area contributed by atoms with E-state index in [1.54, 1.807) is 0 Å². The normalized spacial score (nSPS) is 21.3. The van der Waals surface area contributed by atoms with Crippen molar-refractivity contribution in [1.29, 1.82) is 0 Å². The molecule has 0 spiro atoms. The van der Waals surface area contributed by atoms with Crippen molar-refractivity contribution in [2.45, 2.75) is 12.5 Å². The van der Waals surface area contributed by atoms with Gasteiger partial charge >= 0.3 is 0 Å². The van der Waals surface area contributed by atoms with E-state index >= 15 is 0 Å². The number of ether oxygens (including phenoxy) is 1. The Morgan fingerprint density at radius 1 is 1.50 bits per heavy atom. The van der Waals surface area contributed by atoms with Crippen molar-refractivity contribution in [3.8, 4) is 5.75 Å². The molecule has 0 aliphatic carbocycles. The van der Waals surface area contributed by atoms with Gasteiger partial charge < -0.3 is 9.84 Å². The maximum Gasteiger partial charge on any atom is 0.136 e. The lowest BCUT2D eigenvalue weighted by molar-refractivity contribution is 0.0916. The van der Waals surface area contributed by atoms with E-state index in [1.807, 2.05) is 18.2 Å². The maximum atomic E-state index is 9.31. The number of rotatable bonds is 0. The summed E-state index contributed by atoms with van der Waals surface area (Å²) in [6.45, 7) is 0.398. The van der Waals surface area contributed by atoms with Gasteiger partial charge in [0.1, 0.15) is 12.4 Å². The highest BCUT2D eigenvalue weighted by atomic mass is 79.9. The molecular formula is C9H9BrO2. The summed E-state index contributed by atoms with van der Waals surface area (Å²) >= 11 is 3.40. The van der Waals surface area contributed by atoms with Gasteiger partial charge in [-0.25, -0.2) is 0 Å². The quantitative estimate of drug-likeness (QED) is 0.734. The number of benzene rings is 1. The standard InChI is InChI=1S/C9H9BrO2/c10-8-3-1-2-6-4-7(11)5-12-9(6)8/h1-3,7,11H,4-5H2. The van der Waals surface area contributed by atoms with E-state index in [1.165, 1.54) is 0 Å². The maximum absolute atomic E-state index is 9.31. The third-order valence-electron chi connectivity index (χ3n) is 1.92. The molecule has 1 unspecified atom stereocenters. The minimum atomic E-state index is -0.355. The predicted molar refractivity (Wildman–Crippen MR) is 49.3 cm³/mol. The van der Waals surface area contributed by atoms with Gasteiger partial charge in [0.25, 0.3) is 0 Å². The SMILES string of the molecule is OC1COc2c(Br)cccc2C1. The van der Waals surface area contributed by atoms with Crippen molar-refractivity contribution in [3.63, 3.8) is 0 Å². The molecule has 0 saturated heterocycles. The van der Waals surface area contributed by atoms with Crippen LogP contribution in [0.3, 0.4) is 0 Å². The average molecular weight is 229 g/mol. The van der Waals surface area contributed by atoms with Crippen LogP contribution in [0.15, 0.2) is 22.7 Å². The van der Waals surface area contributed by atoms with Gasteiger partial charge in [-0.3, -0.25) is 0 Å². The Balaban J connectivity index is 2.42. The number of hydrogen-bond acceptors (Lipinski definition) is 2. The molecule has 0 amide bonds. The van der Waals surface area contributed by atoms with Crippen molar-refractivity contribution < 1.29 is 9.84 Å². The van der Waals surface area contributed by atoms with Gasteiger partial charge in [0.05, 0.1) is 10.6 Å². The molecule has 1 N–H and O–H groups in total. The lowest BCUT2D eigenvalue weighted by Crippen LogP contribution is -2.25. The number of halogens is 1. The van der Waals surface area contributed by atoms with Crippen LogP contribution in [0.2, 0.25) is 0 Å². The molecule has 0 bridgehead atoms. The second-order valence-electron chi connectivity index (χ2n) is 2.90. The molecule has 0 aromatic heterocycles. The van der Waals surface area contributed by atoms with Gasteiger partial charge in [-0.05, 0) is 27.6 Å². The monoisotopic (exact) mass is 228 g/mol. The van der Waals surface area contributed by atoms with Crippen LogP contribution in [0.5, 0.6) is 5.75 Å². The smallest absolute Gasteiger partial charge is 0.136 e. The van der Waals surface area contributed by atoms with E-state index in [-0.39, 0.29) is 6.10 Å². The van der Waals surface area contributed by atoms with Crippen molar-refractivity contribution in [1.82, 2.24) is 0 Å². The van der Waals surface area contributed by atoms with E-state index < -0.39 is 0 Å².